The van der Waals surface area contributed by atoms with Gasteiger partial charge in [0.2, 0.25) is 0 Å². The number of hydrogen-bond donors (Lipinski definition) is 1. The van der Waals surface area contributed by atoms with Crippen molar-refractivity contribution in [1.29, 1.82) is 0 Å². The van der Waals surface area contributed by atoms with Crippen LogP contribution >= 0.6 is 11.3 Å². The summed E-state index contributed by atoms with van der Waals surface area (Å²) in [6.07, 6.45) is -1.28. The van der Waals surface area contributed by atoms with Gasteiger partial charge in [0.25, 0.3) is 0 Å². The van der Waals surface area contributed by atoms with Crippen molar-refractivity contribution < 1.29 is 28.8 Å². The Bertz CT molecular complexity index is 1700. The van der Waals surface area contributed by atoms with E-state index in [1.807, 2.05) is 55.5 Å². The van der Waals surface area contributed by atoms with Gasteiger partial charge in [-0.05, 0) is 25.1 Å². The van der Waals surface area contributed by atoms with Crippen LogP contribution < -0.4 is 0 Å². The van der Waals surface area contributed by atoms with Crippen molar-refractivity contribution in [3.05, 3.63) is 83.1 Å². The lowest BCUT2D eigenvalue weighted by Gasteiger charge is -2.47. The van der Waals surface area contributed by atoms with Crippen molar-refractivity contribution in [2.75, 3.05) is 13.7 Å². The number of fused-ring (bicyclic) bond motifs is 2. The van der Waals surface area contributed by atoms with Gasteiger partial charge >= 0.3 is 5.97 Å². The van der Waals surface area contributed by atoms with Gasteiger partial charge in [0, 0.05) is 5.56 Å². The van der Waals surface area contributed by atoms with Crippen molar-refractivity contribution in [2.24, 2.45) is 0 Å². The summed E-state index contributed by atoms with van der Waals surface area (Å²) in [6.45, 7) is 2.14. The van der Waals surface area contributed by atoms with E-state index in [0.717, 1.165) is 26.5 Å². The minimum Gasteiger partial charge on any atom is -0.464 e. The summed E-state index contributed by atoms with van der Waals surface area (Å²) in [4.78, 5) is 21.2. The number of carbonyl (C=O) groups excluding carboxylic acids is 1. The monoisotopic (exact) mass is 575 g/mol. The summed E-state index contributed by atoms with van der Waals surface area (Å²) in [5.74, 6) is -0.255. The lowest BCUT2D eigenvalue weighted by Crippen LogP contribution is -2.57. The van der Waals surface area contributed by atoms with Crippen LogP contribution in [0.5, 0.6) is 0 Å². The van der Waals surface area contributed by atoms with Crippen molar-refractivity contribution >= 4 is 27.5 Å². The highest BCUT2D eigenvalue weighted by atomic mass is 32.1. The van der Waals surface area contributed by atoms with E-state index >= 15 is 0 Å². The molecule has 2 fully saturated rings. The molecule has 2 saturated heterocycles. The average Bonchev–Trinajstić information content (AvgIpc) is 3.75. The number of hydrogen-bond acceptors (Lipinski definition) is 12. The molecule has 0 spiro atoms. The van der Waals surface area contributed by atoms with Gasteiger partial charge in [0.05, 0.1) is 40.8 Å². The number of ether oxygens (including phenoxy) is 4. The normalized spacial score (nSPS) is 26.1. The van der Waals surface area contributed by atoms with E-state index in [1.165, 1.54) is 24.3 Å². The molecule has 5 aromatic rings. The number of esters is 1. The molecule has 0 bridgehead atoms. The molecule has 1 unspecified atom stereocenters. The predicted octanol–water partition coefficient (Wildman–Crippen LogP) is 2.72. The molecule has 2 aliphatic heterocycles. The Labute approximate surface area is 237 Å². The lowest BCUT2D eigenvalue weighted by molar-refractivity contribution is -0.319. The summed E-state index contributed by atoms with van der Waals surface area (Å²) in [6, 6.07) is 14.5. The fourth-order valence-electron chi connectivity index (χ4n) is 5.34. The van der Waals surface area contributed by atoms with E-state index in [1.54, 1.807) is 16.0 Å². The zero-order valence-electron chi connectivity index (χ0n) is 22.0. The first-order chi connectivity index (χ1) is 20.0. The van der Waals surface area contributed by atoms with Crippen LogP contribution in [-0.4, -0.2) is 77.8 Å². The minimum absolute atomic E-state index is 0.00211. The molecule has 2 aliphatic rings. The third-order valence-corrected chi connectivity index (χ3v) is 8.14. The molecule has 7 rings (SSSR count). The molecule has 6 atom stereocenters. The molecule has 0 saturated carbocycles. The maximum Gasteiger partial charge on any atom is 0.360 e. The molecular weight excluding hydrogens is 550 g/mol. The van der Waals surface area contributed by atoms with Gasteiger partial charge in [-0.2, -0.15) is 5.10 Å². The first kappa shape index (κ1) is 25.9. The number of carbonyl (C=O) groups is 1. The fraction of sp³-hybridized carbons (Fsp3) is 0.333. The molecule has 3 aromatic heterocycles. The molecule has 41 heavy (non-hydrogen) atoms. The molecular formula is C27H25N7O6S. The highest BCUT2D eigenvalue weighted by Crippen LogP contribution is 2.43. The average molecular weight is 576 g/mol. The Morgan fingerprint density at radius 2 is 2.02 bits per heavy atom. The summed E-state index contributed by atoms with van der Waals surface area (Å²) in [7, 11) is 1.26. The summed E-state index contributed by atoms with van der Waals surface area (Å²) < 4.78 is 27.7. The van der Waals surface area contributed by atoms with Gasteiger partial charge in [0.15, 0.2) is 17.8 Å². The third kappa shape index (κ3) is 4.59. The van der Waals surface area contributed by atoms with E-state index in [0.29, 0.717) is 5.82 Å². The number of thiazole rings is 1. The first-order valence-electron chi connectivity index (χ1n) is 12.9. The van der Waals surface area contributed by atoms with Gasteiger partial charge < -0.3 is 24.1 Å². The number of benzene rings is 2. The lowest BCUT2D eigenvalue weighted by atomic mass is 9.91. The number of aliphatic hydroxyl groups excluding tert-OH is 1. The Morgan fingerprint density at radius 1 is 1.17 bits per heavy atom. The summed E-state index contributed by atoms with van der Waals surface area (Å²) in [5.41, 5.74) is 2.47. The molecule has 0 aliphatic carbocycles. The Balaban J connectivity index is 1.26. The number of nitrogens with zero attached hydrogens (tertiary/aromatic N) is 7. The number of aliphatic hydroxyl groups is 1. The zero-order chi connectivity index (χ0) is 28.1. The SMILES string of the molecule is COC(=O)c1cn([C@@H]2[C@@H](O)[C@H](c3ncnn3-c3ccc4nc(C)sc4c3)O[C@@H]3COC(c4ccccc4)O[C@H]23)nn1. The van der Waals surface area contributed by atoms with Gasteiger partial charge in [-0.3, -0.25) is 0 Å². The largest absolute Gasteiger partial charge is 0.464 e. The van der Waals surface area contributed by atoms with Crippen LogP contribution in [0.1, 0.15) is 45.3 Å². The number of methoxy groups -OCH3 is 1. The van der Waals surface area contributed by atoms with Crippen LogP contribution in [0.3, 0.4) is 0 Å². The quantitative estimate of drug-likeness (QED) is 0.308. The minimum atomic E-state index is -1.21. The maximum absolute atomic E-state index is 12.2. The van der Waals surface area contributed by atoms with Gasteiger partial charge in [-0.15, -0.1) is 16.4 Å². The second kappa shape index (κ2) is 10.4. The third-order valence-electron chi connectivity index (χ3n) is 7.21. The molecule has 0 radical (unpaired) electrons. The van der Waals surface area contributed by atoms with Crippen molar-refractivity contribution in [3.8, 4) is 5.69 Å². The van der Waals surface area contributed by atoms with Crippen LogP contribution in [0, 0.1) is 6.92 Å². The molecule has 5 heterocycles. The number of rotatable bonds is 5. The number of aryl methyl sites for hydroxylation is 1. The van der Waals surface area contributed by atoms with Gasteiger partial charge in [0.1, 0.15) is 36.8 Å². The number of aromatic nitrogens is 7. The molecule has 14 heteroatoms. The van der Waals surface area contributed by atoms with E-state index in [-0.39, 0.29) is 12.3 Å². The Kier molecular flexibility index (Phi) is 6.55. The standard InChI is InChI=1S/C27H25N7O6S/c1-14-30-17-9-8-16(10-20(17)41-14)34-25(28-13-29-34)24-22(35)21(33-11-18(31-32-33)26(36)37-2)23-19(39-24)12-38-27(40-23)15-6-4-3-5-7-15/h3-11,13,19,21-24,27,35H,12H2,1-2H3/t19-,21-,22-,23+,24-,27?/m1/s1. The smallest absolute Gasteiger partial charge is 0.360 e. The van der Waals surface area contributed by atoms with Crippen LogP contribution in [0.4, 0.5) is 0 Å². The second-order valence-corrected chi connectivity index (χ2v) is 11.0. The van der Waals surface area contributed by atoms with Crippen molar-refractivity contribution in [1.82, 2.24) is 34.7 Å². The van der Waals surface area contributed by atoms with Crippen LogP contribution in [0.2, 0.25) is 0 Å². The predicted molar refractivity (Wildman–Crippen MR) is 143 cm³/mol. The van der Waals surface area contributed by atoms with Crippen LogP contribution in [-0.2, 0) is 18.9 Å². The molecule has 210 valence electrons. The van der Waals surface area contributed by atoms with Crippen LogP contribution in [0.15, 0.2) is 61.1 Å². The van der Waals surface area contributed by atoms with E-state index in [2.05, 4.69) is 25.4 Å². The summed E-state index contributed by atoms with van der Waals surface area (Å²) in [5, 5.41) is 25.4. The molecule has 13 nitrogen and oxygen atoms in total. The van der Waals surface area contributed by atoms with E-state index in [9.17, 15) is 9.90 Å². The van der Waals surface area contributed by atoms with Gasteiger partial charge in [-0.25, -0.2) is 24.1 Å². The second-order valence-electron chi connectivity index (χ2n) is 9.74. The highest BCUT2D eigenvalue weighted by molar-refractivity contribution is 7.18. The maximum atomic E-state index is 12.2. The zero-order valence-corrected chi connectivity index (χ0v) is 22.8. The van der Waals surface area contributed by atoms with Crippen LogP contribution in [0.25, 0.3) is 15.9 Å². The molecule has 1 N–H and O–H groups in total. The van der Waals surface area contributed by atoms with Crippen molar-refractivity contribution in [3.63, 3.8) is 0 Å². The molecule has 2 aromatic carbocycles. The Morgan fingerprint density at radius 3 is 2.85 bits per heavy atom. The van der Waals surface area contributed by atoms with Gasteiger partial charge in [-0.1, -0.05) is 35.5 Å². The van der Waals surface area contributed by atoms with Crippen molar-refractivity contribution in [2.45, 2.75) is 43.7 Å². The van der Waals surface area contributed by atoms with E-state index < -0.39 is 42.7 Å². The summed E-state index contributed by atoms with van der Waals surface area (Å²) >= 11 is 1.58. The molecule has 0 amide bonds. The first-order valence-corrected chi connectivity index (χ1v) is 13.7. The van der Waals surface area contributed by atoms with E-state index in [4.69, 9.17) is 18.9 Å². The Hall–Kier alpha value is -4.08. The fourth-order valence-corrected chi connectivity index (χ4v) is 6.20. The topological polar surface area (TPSA) is 149 Å². The highest BCUT2D eigenvalue weighted by Gasteiger charge is 2.52.